The molecule has 0 amide bonds. The van der Waals surface area contributed by atoms with Crippen molar-refractivity contribution in [2.75, 3.05) is 38.7 Å². The maximum absolute atomic E-state index is 13.9. The fraction of sp³-hybridized carbons (Fsp3) is 0.412. The van der Waals surface area contributed by atoms with E-state index in [4.69, 9.17) is 4.74 Å². The minimum Gasteiger partial charge on any atom is -0.378 e. The molecule has 0 radical (unpaired) electrons. The van der Waals surface area contributed by atoms with Crippen LogP contribution in [0.25, 0.3) is 11.1 Å². The summed E-state index contributed by atoms with van der Waals surface area (Å²) in [6.45, 7) is 4.76. The predicted octanol–water partition coefficient (Wildman–Crippen LogP) is 2.47. The van der Waals surface area contributed by atoms with Gasteiger partial charge in [-0.2, -0.15) is 0 Å². The van der Waals surface area contributed by atoms with Crippen LogP contribution in [0.1, 0.15) is 5.69 Å². The number of hydrogen-bond acceptors (Lipinski definition) is 5. The Labute approximate surface area is 139 Å². The van der Waals surface area contributed by atoms with Crippen molar-refractivity contribution in [3.63, 3.8) is 0 Å². The lowest BCUT2D eigenvalue weighted by atomic mass is 10.1. The van der Waals surface area contributed by atoms with Crippen molar-refractivity contribution in [2.24, 2.45) is 0 Å². The molecule has 128 valence electrons. The molecule has 1 aromatic carbocycles. The van der Waals surface area contributed by atoms with Gasteiger partial charge in [-0.3, -0.25) is 4.90 Å². The van der Waals surface area contributed by atoms with Gasteiger partial charge in [0.15, 0.2) is 0 Å². The summed E-state index contributed by atoms with van der Waals surface area (Å²) in [4.78, 5) is 10.9. The van der Waals surface area contributed by atoms with Crippen LogP contribution in [0.5, 0.6) is 0 Å². The summed E-state index contributed by atoms with van der Waals surface area (Å²) < 4.78 is 32.4. The lowest BCUT2D eigenvalue weighted by molar-refractivity contribution is 0.0109. The number of rotatable bonds is 4. The highest BCUT2D eigenvalue weighted by Crippen LogP contribution is 2.25. The number of nitrogens with zero attached hydrogens (tertiary/aromatic N) is 3. The highest BCUT2D eigenvalue weighted by molar-refractivity contribution is 5.66. The first-order valence-electron chi connectivity index (χ1n) is 7.85. The molecule has 1 unspecified atom stereocenters. The van der Waals surface area contributed by atoms with Gasteiger partial charge in [-0.05, 0) is 26.1 Å². The molecule has 24 heavy (non-hydrogen) atoms. The topological polar surface area (TPSA) is 50.3 Å². The van der Waals surface area contributed by atoms with Crippen LogP contribution in [-0.4, -0.2) is 54.3 Å². The molecule has 0 bridgehead atoms. The van der Waals surface area contributed by atoms with Crippen LogP contribution >= 0.6 is 0 Å². The molecule has 1 aliphatic rings. The molecule has 2 aromatic rings. The number of hydrogen-bond donors (Lipinski definition) is 1. The number of likely N-dealkylation sites (N-methyl/N-ethyl adjacent to an activating group) is 1. The summed E-state index contributed by atoms with van der Waals surface area (Å²) in [7, 11) is 2.06. The van der Waals surface area contributed by atoms with E-state index in [0.717, 1.165) is 19.2 Å². The van der Waals surface area contributed by atoms with Gasteiger partial charge in [-0.25, -0.2) is 18.7 Å². The number of ether oxygens (including phenoxy) is 1. The molecule has 1 aromatic heterocycles. The molecule has 1 aliphatic heterocycles. The first-order valence-corrected chi connectivity index (χ1v) is 7.85. The highest BCUT2D eigenvalue weighted by atomic mass is 19.1. The summed E-state index contributed by atoms with van der Waals surface area (Å²) >= 11 is 0. The third-order valence-corrected chi connectivity index (χ3v) is 4.22. The SMILES string of the molecule is Cc1nc(NCC2COCCN2C)ncc1-c1ccc(F)cc1F. The number of benzene rings is 1. The smallest absolute Gasteiger partial charge is 0.222 e. The Morgan fingerprint density at radius 3 is 2.88 bits per heavy atom. The maximum atomic E-state index is 13.9. The Morgan fingerprint density at radius 2 is 2.17 bits per heavy atom. The molecule has 0 saturated carbocycles. The first kappa shape index (κ1) is 16.7. The molecule has 1 saturated heterocycles. The Balaban J connectivity index is 1.72. The van der Waals surface area contributed by atoms with Gasteiger partial charge in [-0.15, -0.1) is 0 Å². The van der Waals surface area contributed by atoms with Gasteiger partial charge in [0.2, 0.25) is 5.95 Å². The molecule has 1 fully saturated rings. The highest BCUT2D eigenvalue weighted by Gasteiger charge is 2.19. The molecule has 7 heteroatoms. The second-order valence-electron chi connectivity index (χ2n) is 5.91. The number of anilines is 1. The summed E-state index contributed by atoms with van der Waals surface area (Å²) in [6.07, 6.45) is 1.56. The summed E-state index contributed by atoms with van der Waals surface area (Å²) in [6, 6.07) is 3.75. The number of aryl methyl sites for hydroxylation is 1. The van der Waals surface area contributed by atoms with Gasteiger partial charge >= 0.3 is 0 Å². The summed E-state index contributed by atoms with van der Waals surface area (Å²) in [5.41, 5.74) is 1.48. The lowest BCUT2D eigenvalue weighted by Gasteiger charge is -2.32. The Morgan fingerprint density at radius 1 is 1.33 bits per heavy atom. The third-order valence-electron chi connectivity index (χ3n) is 4.22. The minimum atomic E-state index is -0.622. The lowest BCUT2D eigenvalue weighted by Crippen LogP contribution is -2.46. The van der Waals surface area contributed by atoms with E-state index in [0.29, 0.717) is 35.9 Å². The van der Waals surface area contributed by atoms with Crippen LogP contribution in [0.4, 0.5) is 14.7 Å². The van der Waals surface area contributed by atoms with Gasteiger partial charge < -0.3 is 10.1 Å². The average molecular weight is 334 g/mol. The molecular weight excluding hydrogens is 314 g/mol. The van der Waals surface area contributed by atoms with Crippen molar-refractivity contribution >= 4 is 5.95 Å². The largest absolute Gasteiger partial charge is 0.378 e. The van der Waals surface area contributed by atoms with E-state index in [2.05, 4.69) is 27.2 Å². The number of aromatic nitrogens is 2. The molecular formula is C17H20F2N4O. The maximum Gasteiger partial charge on any atom is 0.222 e. The van der Waals surface area contributed by atoms with Crippen LogP contribution in [0.15, 0.2) is 24.4 Å². The summed E-state index contributed by atoms with van der Waals surface area (Å²) in [5.74, 6) is -0.743. The Hall–Kier alpha value is -2.12. The van der Waals surface area contributed by atoms with E-state index in [1.165, 1.54) is 12.1 Å². The fourth-order valence-electron chi connectivity index (χ4n) is 2.69. The molecule has 0 aliphatic carbocycles. The van der Waals surface area contributed by atoms with Gasteiger partial charge in [0, 0.05) is 36.5 Å². The number of halogens is 2. The van der Waals surface area contributed by atoms with Crippen molar-refractivity contribution in [1.82, 2.24) is 14.9 Å². The zero-order chi connectivity index (χ0) is 17.1. The zero-order valence-corrected chi connectivity index (χ0v) is 13.7. The van der Waals surface area contributed by atoms with E-state index in [9.17, 15) is 8.78 Å². The van der Waals surface area contributed by atoms with Gasteiger partial charge in [-0.1, -0.05) is 0 Å². The van der Waals surface area contributed by atoms with Crippen molar-refractivity contribution in [1.29, 1.82) is 0 Å². The second-order valence-corrected chi connectivity index (χ2v) is 5.91. The molecule has 1 N–H and O–H groups in total. The third kappa shape index (κ3) is 3.68. The van der Waals surface area contributed by atoms with Crippen LogP contribution < -0.4 is 5.32 Å². The average Bonchev–Trinajstić information content (AvgIpc) is 2.55. The van der Waals surface area contributed by atoms with Crippen LogP contribution in [-0.2, 0) is 4.74 Å². The molecule has 3 rings (SSSR count). The zero-order valence-electron chi connectivity index (χ0n) is 13.7. The molecule has 1 atom stereocenters. The Kier molecular flexibility index (Phi) is 5.01. The van der Waals surface area contributed by atoms with Crippen molar-refractivity contribution < 1.29 is 13.5 Å². The van der Waals surface area contributed by atoms with Crippen molar-refractivity contribution in [2.45, 2.75) is 13.0 Å². The van der Waals surface area contributed by atoms with E-state index >= 15 is 0 Å². The quantitative estimate of drug-likeness (QED) is 0.931. The monoisotopic (exact) mass is 334 g/mol. The fourth-order valence-corrected chi connectivity index (χ4v) is 2.69. The van der Waals surface area contributed by atoms with Crippen LogP contribution in [0.3, 0.4) is 0 Å². The standard InChI is InChI=1S/C17H20F2N4O/c1-11-15(14-4-3-12(18)7-16(14)19)9-21-17(22-11)20-8-13-10-24-6-5-23(13)2/h3-4,7,9,13H,5-6,8,10H2,1-2H3,(H,20,21,22). The van der Waals surface area contributed by atoms with Crippen LogP contribution in [0, 0.1) is 18.6 Å². The van der Waals surface area contributed by atoms with Gasteiger partial charge in [0.25, 0.3) is 0 Å². The summed E-state index contributed by atoms with van der Waals surface area (Å²) in [5, 5.41) is 3.19. The molecule has 5 nitrogen and oxygen atoms in total. The van der Waals surface area contributed by atoms with E-state index < -0.39 is 11.6 Å². The minimum absolute atomic E-state index is 0.261. The van der Waals surface area contributed by atoms with Crippen molar-refractivity contribution in [3.8, 4) is 11.1 Å². The Bertz CT molecular complexity index is 726. The van der Waals surface area contributed by atoms with Crippen molar-refractivity contribution in [3.05, 3.63) is 41.7 Å². The number of nitrogens with one attached hydrogen (secondary N) is 1. The van der Waals surface area contributed by atoms with E-state index in [-0.39, 0.29) is 6.04 Å². The number of morpholine rings is 1. The van der Waals surface area contributed by atoms with Gasteiger partial charge in [0.1, 0.15) is 11.6 Å². The van der Waals surface area contributed by atoms with Gasteiger partial charge in [0.05, 0.1) is 24.9 Å². The van der Waals surface area contributed by atoms with E-state index in [1.54, 1.807) is 13.1 Å². The molecule has 2 heterocycles. The second kappa shape index (κ2) is 7.19. The first-order chi connectivity index (χ1) is 11.5. The van der Waals surface area contributed by atoms with Crippen LogP contribution in [0.2, 0.25) is 0 Å². The normalized spacial score (nSPS) is 18.6. The predicted molar refractivity (Wildman–Crippen MR) is 87.8 cm³/mol. The molecule has 0 spiro atoms. The van der Waals surface area contributed by atoms with E-state index in [1.807, 2.05) is 0 Å².